The number of hydrogen-bond acceptors (Lipinski definition) is 3. The molecule has 4 aromatic carbocycles. The fourth-order valence-electron chi connectivity index (χ4n) is 4.32. The second kappa shape index (κ2) is 10.2. The minimum atomic E-state index is 0.0732. The molecule has 0 fully saturated rings. The van der Waals surface area contributed by atoms with Crippen LogP contribution in [0.15, 0.2) is 108 Å². The van der Waals surface area contributed by atoms with E-state index in [0.717, 1.165) is 35.2 Å². The normalized spacial score (nSPS) is 11.9. The first-order chi connectivity index (χ1) is 17.1. The zero-order valence-corrected chi connectivity index (χ0v) is 20.2. The van der Waals surface area contributed by atoms with Crippen LogP contribution in [0.5, 0.6) is 5.88 Å². The van der Waals surface area contributed by atoms with Crippen LogP contribution in [0, 0.1) is 0 Å². The fourth-order valence-corrected chi connectivity index (χ4v) is 4.50. The predicted molar refractivity (Wildman–Crippen MR) is 145 cm³/mol. The Bertz CT molecular complexity index is 1460. The summed E-state index contributed by atoms with van der Waals surface area (Å²) in [7, 11) is 2.12. The van der Waals surface area contributed by atoms with Gasteiger partial charge < -0.3 is 10.1 Å². The van der Waals surface area contributed by atoms with E-state index in [2.05, 4.69) is 53.3 Å². The second-order valence-corrected chi connectivity index (χ2v) is 9.13. The third-order valence-electron chi connectivity index (χ3n) is 5.95. The molecule has 0 unspecified atom stereocenters. The van der Waals surface area contributed by atoms with E-state index in [9.17, 15) is 5.11 Å². The number of nitrogens with zero attached hydrogens (tertiary/aromatic N) is 2. The van der Waals surface area contributed by atoms with Crippen molar-refractivity contribution in [3.63, 3.8) is 0 Å². The van der Waals surface area contributed by atoms with E-state index >= 15 is 0 Å². The Balaban J connectivity index is 1.46. The van der Waals surface area contributed by atoms with Gasteiger partial charge >= 0.3 is 0 Å². The number of H-pyrrole nitrogens is 1. The number of aromatic amines is 1. The predicted octanol–water partition coefficient (Wildman–Crippen LogP) is 7.33. The summed E-state index contributed by atoms with van der Waals surface area (Å²) in [6.45, 7) is 1.73. The quantitative estimate of drug-likeness (QED) is 0.240. The molecule has 0 aliphatic heterocycles. The number of hydrogen-bond donors (Lipinski definition) is 2. The SMILES string of the molecule is CN(Cc1ccccc1)Cc1ccc(N=C(c2ccccc2)c2c(O)[nH]c3cc(Cl)ccc23)cc1. The Morgan fingerprint density at radius 1 is 0.829 bits per heavy atom. The maximum atomic E-state index is 10.8. The van der Waals surface area contributed by atoms with E-state index < -0.39 is 0 Å². The molecule has 0 saturated heterocycles. The number of benzene rings is 4. The molecule has 174 valence electrons. The van der Waals surface area contributed by atoms with Crippen LogP contribution in [0.2, 0.25) is 5.02 Å². The summed E-state index contributed by atoms with van der Waals surface area (Å²) >= 11 is 6.17. The standard InChI is InChI=1S/C30H26ClN3O/c1-34(19-21-8-4-2-5-9-21)20-22-12-15-25(16-13-22)32-29(23-10-6-3-7-11-23)28-26-17-14-24(31)18-27(26)33-30(28)35/h2-18,33,35H,19-20H2,1H3. The number of aromatic hydroxyl groups is 1. The second-order valence-electron chi connectivity index (χ2n) is 8.69. The molecule has 35 heavy (non-hydrogen) atoms. The highest BCUT2D eigenvalue weighted by Crippen LogP contribution is 2.33. The van der Waals surface area contributed by atoms with Gasteiger partial charge in [0, 0.05) is 29.1 Å². The molecule has 1 heterocycles. The van der Waals surface area contributed by atoms with Crippen molar-refractivity contribution >= 4 is 33.9 Å². The van der Waals surface area contributed by atoms with E-state index in [1.54, 1.807) is 0 Å². The van der Waals surface area contributed by atoms with Gasteiger partial charge in [0.15, 0.2) is 5.88 Å². The van der Waals surface area contributed by atoms with Crippen LogP contribution < -0.4 is 0 Å². The van der Waals surface area contributed by atoms with Crippen LogP contribution in [0.1, 0.15) is 22.3 Å². The van der Waals surface area contributed by atoms with Crippen LogP contribution in [0.25, 0.3) is 10.9 Å². The summed E-state index contributed by atoms with van der Waals surface area (Å²) in [5.74, 6) is 0.0732. The summed E-state index contributed by atoms with van der Waals surface area (Å²) in [6.07, 6.45) is 0. The number of fused-ring (bicyclic) bond motifs is 1. The first-order valence-corrected chi connectivity index (χ1v) is 11.9. The Labute approximate surface area is 210 Å². The molecule has 0 bridgehead atoms. The highest BCUT2D eigenvalue weighted by atomic mass is 35.5. The number of aliphatic imine (C=N–C) groups is 1. The van der Waals surface area contributed by atoms with Gasteiger partial charge in [-0.25, -0.2) is 4.99 Å². The maximum absolute atomic E-state index is 10.8. The average Bonchev–Trinajstić information content (AvgIpc) is 3.19. The number of aromatic nitrogens is 1. The van der Waals surface area contributed by atoms with Gasteiger partial charge in [0.2, 0.25) is 0 Å². The first-order valence-electron chi connectivity index (χ1n) is 11.5. The zero-order valence-electron chi connectivity index (χ0n) is 19.4. The lowest BCUT2D eigenvalue weighted by molar-refractivity contribution is 0.319. The third kappa shape index (κ3) is 5.29. The average molecular weight is 480 g/mol. The minimum absolute atomic E-state index is 0.0732. The number of nitrogens with one attached hydrogen (secondary N) is 1. The fraction of sp³-hybridized carbons (Fsp3) is 0.100. The molecule has 0 amide bonds. The molecule has 5 aromatic rings. The molecule has 0 aliphatic carbocycles. The molecule has 1 aromatic heterocycles. The van der Waals surface area contributed by atoms with Crippen LogP contribution >= 0.6 is 11.6 Å². The molecular formula is C30H26ClN3O. The first kappa shape index (κ1) is 22.9. The zero-order chi connectivity index (χ0) is 24.2. The smallest absolute Gasteiger partial charge is 0.199 e. The van der Waals surface area contributed by atoms with Crippen molar-refractivity contribution < 1.29 is 5.11 Å². The van der Waals surface area contributed by atoms with Gasteiger partial charge in [0.1, 0.15) is 0 Å². The number of rotatable bonds is 7. The van der Waals surface area contributed by atoms with Crippen molar-refractivity contribution in [3.05, 3.63) is 130 Å². The van der Waals surface area contributed by atoms with Gasteiger partial charge in [0.25, 0.3) is 0 Å². The number of halogens is 1. The van der Waals surface area contributed by atoms with Gasteiger partial charge in [-0.05, 0) is 42.4 Å². The van der Waals surface area contributed by atoms with Crippen LogP contribution in [0.3, 0.4) is 0 Å². The molecule has 4 nitrogen and oxygen atoms in total. The monoisotopic (exact) mass is 479 g/mol. The summed E-state index contributed by atoms with van der Waals surface area (Å²) in [4.78, 5) is 10.3. The minimum Gasteiger partial charge on any atom is -0.494 e. The van der Waals surface area contributed by atoms with Gasteiger partial charge in [-0.1, -0.05) is 90.5 Å². The molecule has 2 N–H and O–H groups in total. The van der Waals surface area contributed by atoms with Crippen molar-refractivity contribution in [1.82, 2.24) is 9.88 Å². The van der Waals surface area contributed by atoms with Crippen molar-refractivity contribution in [2.45, 2.75) is 13.1 Å². The van der Waals surface area contributed by atoms with Crippen molar-refractivity contribution in [3.8, 4) is 5.88 Å². The van der Waals surface area contributed by atoms with E-state index in [4.69, 9.17) is 16.6 Å². The van der Waals surface area contributed by atoms with Gasteiger partial charge in [-0.15, -0.1) is 0 Å². The molecular weight excluding hydrogens is 454 g/mol. The Morgan fingerprint density at radius 3 is 2.14 bits per heavy atom. The van der Waals surface area contributed by atoms with Crippen molar-refractivity contribution in [2.24, 2.45) is 4.99 Å². The Hall–Kier alpha value is -3.86. The van der Waals surface area contributed by atoms with Gasteiger partial charge in [-0.2, -0.15) is 0 Å². The topological polar surface area (TPSA) is 51.6 Å². The van der Waals surface area contributed by atoms with E-state index in [0.29, 0.717) is 16.3 Å². The van der Waals surface area contributed by atoms with E-state index in [-0.39, 0.29) is 5.88 Å². The molecule has 5 rings (SSSR count). The van der Waals surface area contributed by atoms with Crippen LogP contribution in [-0.4, -0.2) is 27.7 Å². The summed E-state index contributed by atoms with van der Waals surface area (Å²) in [6, 6.07) is 34.2. The molecule has 0 radical (unpaired) electrons. The van der Waals surface area contributed by atoms with Crippen molar-refractivity contribution in [2.75, 3.05) is 7.05 Å². The molecule has 0 aliphatic rings. The van der Waals surface area contributed by atoms with E-state index in [1.165, 1.54) is 11.1 Å². The molecule has 0 saturated carbocycles. The summed E-state index contributed by atoms with van der Waals surface area (Å²) in [5.41, 5.74) is 6.38. The highest BCUT2D eigenvalue weighted by molar-refractivity contribution is 6.31. The van der Waals surface area contributed by atoms with Gasteiger partial charge in [-0.3, -0.25) is 4.90 Å². The Morgan fingerprint density at radius 2 is 1.46 bits per heavy atom. The van der Waals surface area contributed by atoms with E-state index in [1.807, 2.05) is 66.7 Å². The lowest BCUT2D eigenvalue weighted by Gasteiger charge is -2.17. The lowest BCUT2D eigenvalue weighted by Crippen LogP contribution is -2.17. The summed E-state index contributed by atoms with van der Waals surface area (Å²) in [5, 5.41) is 12.3. The van der Waals surface area contributed by atoms with Crippen LogP contribution in [-0.2, 0) is 13.1 Å². The maximum Gasteiger partial charge on any atom is 0.199 e. The molecule has 0 atom stereocenters. The Kier molecular flexibility index (Phi) is 6.66. The highest BCUT2D eigenvalue weighted by Gasteiger charge is 2.18. The largest absolute Gasteiger partial charge is 0.494 e. The van der Waals surface area contributed by atoms with Gasteiger partial charge in [0.05, 0.1) is 22.5 Å². The molecule has 0 spiro atoms. The van der Waals surface area contributed by atoms with Crippen LogP contribution in [0.4, 0.5) is 5.69 Å². The third-order valence-corrected chi connectivity index (χ3v) is 6.19. The lowest BCUT2D eigenvalue weighted by atomic mass is 10.0. The summed E-state index contributed by atoms with van der Waals surface area (Å²) < 4.78 is 0. The van der Waals surface area contributed by atoms with Crippen molar-refractivity contribution in [1.29, 1.82) is 0 Å². The molecule has 5 heteroatoms.